The monoisotopic (exact) mass is 557 g/mol. The number of nitrogens with zero attached hydrogens (tertiary/aromatic N) is 1. The first-order valence-corrected chi connectivity index (χ1v) is 14.4. The summed E-state index contributed by atoms with van der Waals surface area (Å²) in [7, 11) is 0. The number of ketones is 2. The van der Waals surface area contributed by atoms with Gasteiger partial charge in [-0.1, -0.05) is 25.5 Å². The van der Waals surface area contributed by atoms with Crippen LogP contribution in [0.2, 0.25) is 0 Å². The molecule has 1 saturated heterocycles. The SMILES string of the molecule is C[C@]12C=CC(=O)C=C1CC[C@@H]1[C@@H]2[C@@H](O)C[C@@]2(C)[C@H]1CC[C@]2(O)C(=O)COC(=O)CCC(=O)N1CCC[C@H]1C(=O)O. The lowest BCUT2D eigenvalue weighted by molar-refractivity contribution is -0.181. The number of hydrogen-bond acceptors (Lipinski definition) is 8. The summed E-state index contributed by atoms with van der Waals surface area (Å²) in [5.41, 5.74) is -2.09. The second-order valence-corrected chi connectivity index (χ2v) is 12.8. The molecule has 5 rings (SSSR count). The van der Waals surface area contributed by atoms with Crippen molar-refractivity contribution in [3.8, 4) is 0 Å². The molecule has 3 N–H and O–H groups in total. The Morgan fingerprint density at radius 1 is 1.12 bits per heavy atom. The number of rotatable bonds is 7. The number of fused-ring (bicyclic) bond motifs is 5. The zero-order chi connectivity index (χ0) is 29.0. The highest BCUT2D eigenvalue weighted by atomic mass is 16.5. The molecule has 1 amide bonds. The van der Waals surface area contributed by atoms with Crippen molar-refractivity contribution in [2.45, 2.75) is 89.4 Å². The number of carboxylic acid groups (broad SMARTS) is 1. The van der Waals surface area contributed by atoms with Gasteiger partial charge in [0.25, 0.3) is 0 Å². The van der Waals surface area contributed by atoms with E-state index in [-0.39, 0.29) is 49.2 Å². The van der Waals surface area contributed by atoms with Crippen LogP contribution in [0, 0.1) is 28.6 Å². The van der Waals surface area contributed by atoms with Crippen molar-refractivity contribution in [3.63, 3.8) is 0 Å². The van der Waals surface area contributed by atoms with E-state index in [1.807, 2.05) is 13.0 Å². The van der Waals surface area contributed by atoms with Crippen LogP contribution in [0.4, 0.5) is 0 Å². The molecular formula is C30H39NO9. The minimum Gasteiger partial charge on any atom is -0.480 e. The molecule has 5 aliphatic rings. The maximum Gasteiger partial charge on any atom is 0.326 e. The van der Waals surface area contributed by atoms with E-state index in [2.05, 4.69) is 6.92 Å². The maximum atomic E-state index is 13.4. The van der Waals surface area contributed by atoms with Gasteiger partial charge in [0.05, 0.1) is 12.5 Å². The number of ether oxygens (including phenoxy) is 1. The quantitative estimate of drug-likeness (QED) is 0.398. The Labute approximate surface area is 233 Å². The predicted molar refractivity (Wildman–Crippen MR) is 141 cm³/mol. The summed E-state index contributed by atoms with van der Waals surface area (Å²) in [5.74, 6) is -3.02. The lowest BCUT2D eigenvalue weighted by Gasteiger charge is -2.59. The van der Waals surface area contributed by atoms with Gasteiger partial charge in [-0.3, -0.25) is 19.2 Å². The highest BCUT2D eigenvalue weighted by Crippen LogP contribution is 2.67. The Bertz CT molecular complexity index is 1190. The zero-order valence-electron chi connectivity index (χ0n) is 23.1. The van der Waals surface area contributed by atoms with Crippen molar-refractivity contribution in [1.82, 2.24) is 4.90 Å². The Kier molecular flexibility index (Phi) is 7.32. The van der Waals surface area contributed by atoms with Gasteiger partial charge in [-0.2, -0.15) is 0 Å². The molecule has 8 atom stereocenters. The molecule has 10 nitrogen and oxygen atoms in total. The molecule has 4 fully saturated rings. The summed E-state index contributed by atoms with van der Waals surface area (Å²) in [5, 5.41) is 32.5. The smallest absolute Gasteiger partial charge is 0.326 e. The maximum absolute atomic E-state index is 13.4. The number of carboxylic acids is 1. The largest absolute Gasteiger partial charge is 0.480 e. The molecule has 1 heterocycles. The molecule has 218 valence electrons. The van der Waals surface area contributed by atoms with Crippen LogP contribution in [-0.4, -0.2) is 80.5 Å². The van der Waals surface area contributed by atoms with Crippen molar-refractivity contribution in [3.05, 3.63) is 23.8 Å². The second kappa shape index (κ2) is 10.2. The predicted octanol–water partition coefficient (Wildman–Crippen LogP) is 1.96. The van der Waals surface area contributed by atoms with Crippen LogP contribution in [0.15, 0.2) is 23.8 Å². The van der Waals surface area contributed by atoms with Crippen molar-refractivity contribution in [1.29, 1.82) is 0 Å². The molecule has 0 unspecified atom stereocenters. The van der Waals surface area contributed by atoms with E-state index in [0.29, 0.717) is 25.8 Å². The van der Waals surface area contributed by atoms with Crippen LogP contribution >= 0.6 is 0 Å². The molecule has 1 aliphatic heterocycles. The van der Waals surface area contributed by atoms with Gasteiger partial charge in [0.1, 0.15) is 11.6 Å². The Morgan fingerprint density at radius 3 is 2.60 bits per heavy atom. The topological polar surface area (TPSA) is 159 Å². The number of aliphatic hydroxyl groups excluding tert-OH is 1. The first kappa shape index (κ1) is 28.7. The van der Waals surface area contributed by atoms with Gasteiger partial charge in [0.2, 0.25) is 11.7 Å². The molecule has 10 heteroatoms. The molecule has 3 saturated carbocycles. The van der Waals surface area contributed by atoms with E-state index in [1.54, 1.807) is 12.2 Å². The number of carbonyl (C=O) groups is 5. The number of likely N-dealkylation sites (tertiary alicyclic amines) is 1. The fourth-order valence-electron chi connectivity index (χ4n) is 8.80. The molecule has 40 heavy (non-hydrogen) atoms. The highest BCUT2D eigenvalue weighted by molar-refractivity contribution is 6.01. The summed E-state index contributed by atoms with van der Waals surface area (Å²) in [6.45, 7) is 3.61. The van der Waals surface area contributed by atoms with Crippen LogP contribution in [0.25, 0.3) is 0 Å². The molecule has 0 bridgehead atoms. The molecule has 0 aromatic rings. The van der Waals surface area contributed by atoms with Gasteiger partial charge >= 0.3 is 11.9 Å². The second-order valence-electron chi connectivity index (χ2n) is 12.8. The summed E-state index contributed by atoms with van der Waals surface area (Å²) in [4.78, 5) is 62.8. The van der Waals surface area contributed by atoms with E-state index in [0.717, 1.165) is 18.4 Å². The van der Waals surface area contributed by atoms with E-state index in [1.165, 1.54) is 4.90 Å². The Hall–Kier alpha value is -2.85. The zero-order valence-corrected chi connectivity index (χ0v) is 23.1. The third-order valence-corrected chi connectivity index (χ3v) is 10.9. The molecule has 0 spiro atoms. The van der Waals surface area contributed by atoms with E-state index in [9.17, 15) is 39.3 Å². The molecule has 0 aromatic heterocycles. The van der Waals surface area contributed by atoms with Crippen molar-refractivity contribution >= 4 is 29.4 Å². The van der Waals surface area contributed by atoms with Gasteiger partial charge in [0, 0.05) is 29.7 Å². The number of hydrogen-bond donors (Lipinski definition) is 3. The Balaban J connectivity index is 1.22. The third kappa shape index (κ3) is 4.43. The average Bonchev–Trinajstić information content (AvgIpc) is 3.50. The van der Waals surface area contributed by atoms with Crippen LogP contribution in [0.1, 0.15) is 71.6 Å². The van der Waals surface area contributed by atoms with Gasteiger partial charge in [-0.05, 0) is 68.9 Å². The van der Waals surface area contributed by atoms with E-state index in [4.69, 9.17) is 4.74 Å². The first-order chi connectivity index (χ1) is 18.8. The first-order valence-electron chi connectivity index (χ1n) is 14.4. The Morgan fingerprint density at radius 2 is 1.88 bits per heavy atom. The molecular weight excluding hydrogens is 518 g/mol. The summed E-state index contributed by atoms with van der Waals surface area (Å²) in [6, 6.07) is -0.883. The summed E-state index contributed by atoms with van der Waals surface area (Å²) < 4.78 is 5.18. The van der Waals surface area contributed by atoms with Crippen LogP contribution < -0.4 is 0 Å². The van der Waals surface area contributed by atoms with Gasteiger partial charge < -0.3 is 25.0 Å². The van der Waals surface area contributed by atoms with Crippen molar-refractivity contribution in [2.75, 3.05) is 13.2 Å². The number of Topliss-reactive ketones (excluding diaryl/α,β-unsaturated/α-hetero) is 1. The van der Waals surface area contributed by atoms with Crippen LogP contribution in [0.5, 0.6) is 0 Å². The normalized spacial score (nSPS) is 40.1. The number of amides is 1. The van der Waals surface area contributed by atoms with Gasteiger partial charge in [0.15, 0.2) is 12.4 Å². The van der Waals surface area contributed by atoms with E-state index >= 15 is 0 Å². The van der Waals surface area contributed by atoms with Crippen molar-refractivity contribution in [2.24, 2.45) is 28.6 Å². The molecule has 0 radical (unpaired) electrons. The number of allylic oxidation sites excluding steroid dienone is 4. The van der Waals surface area contributed by atoms with E-state index < -0.39 is 58.8 Å². The minimum absolute atomic E-state index is 0.0183. The van der Waals surface area contributed by atoms with Crippen molar-refractivity contribution < 1.29 is 44.0 Å². The van der Waals surface area contributed by atoms with Crippen LogP contribution in [0.3, 0.4) is 0 Å². The summed E-state index contributed by atoms with van der Waals surface area (Å²) >= 11 is 0. The number of aliphatic hydroxyl groups is 2. The third-order valence-electron chi connectivity index (χ3n) is 10.9. The fourth-order valence-corrected chi connectivity index (χ4v) is 8.80. The van der Waals surface area contributed by atoms with Crippen LogP contribution in [-0.2, 0) is 28.7 Å². The standard InChI is InChI=1S/C30H39NO9/c1-28-11-9-18(32)14-17(28)5-6-19-20-10-12-30(39,29(20,2)15-22(33)26(19)28)23(34)16-40-25(36)8-7-24(35)31-13-3-4-21(31)27(37)38/h9,11,14,19-22,26,33,39H,3-8,10,12-13,15-16H2,1-2H3,(H,37,38)/t19-,20-,21-,22-,26+,28-,29-,30-/m0/s1. The number of esters is 1. The van der Waals surface area contributed by atoms with Gasteiger partial charge in [-0.15, -0.1) is 0 Å². The molecule has 0 aromatic carbocycles. The lowest BCUT2D eigenvalue weighted by Crippen LogP contribution is -2.61. The highest BCUT2D eigenvalue weighted by Gasteiger charge is 2.68. The number of carbonyl (C=O) groups excluding carboxylic acids is 4. The van der Waals surface area contributed by atoms with Gasteiger partial charge in [-0.25, -0.2) is 4.79 Å². The molecule has 4 aliphatic carbocycles. The average molecular weight is 558 g/mol. The summed E-state index contributed by atoms with van der Waals surface area (Å²) in [6.07, 6.45) is 7.34. The minimum atomic E-state index is -1.76. The number of aliphatic carboxylic acids is 1. The lowest BCUT2D eigenvalue weighted by atomic mass is 9.46. The fraction of sp³-hybridized carbons (Fsp3) is 0.700.